The summed E-state index contributed by atoms with van der Waals surface area (Å²) in [7, 11) is 1.42. The van der Waals surface area contributed by atoms with E-state index in [1.807, 2.05) is 34.6 Å². The first-order valence-corrected chi connectivity index (χ1v) is 11.7. The van der Waals surface area contributed by atoms with Crippen LogP contribution in [0.15, 0.2) is 12.2 Å². The molecular weight excluding hydrogens is 456 g/mol. The first-order chi connectivity index (χ1) is 15.7. The average molecular weight is 505 g/mol. The largest absolute Gasteiger partial charge is 0.481 e. The van der Waals surface area contributed by atoms with Crippen molar-refractivity contribution < 1.29 is 43.6 Å². The first kappa shape index (κ1) is 37.1. The highest BCUT2D eigenvalue weighted by atomic mass is 16.6. The Morgan fingerprint density at radius 3 is 1.40 bits per heavy atom. The lowest BCUT2D eigenvalue weighted by atomic mass is 9.91. The number of hydrogen-bond acceptors (Lipinski definition) is 8. The van der Waals surface area contributed by atoms with Gasteiger partial charge in [-0.15, -0.1) is 0 Å². The Morgan fingerprint density at radius 1 is 0.771 bits per heavy atom. The molecule has 0 fully saturated rings. The summed E-state index contributed by atoms with van der Waals surface area (Å²) in [6.07, 6.45) is 1.12. The molecule has 0 aromatic heterocycles. The van der Waals surface area contributed by atoms with Gasteiger partial charge in [-0.2, -0.15) is 0 Å². The second-order valence-electron chi connectivity index (χ2n) is 10.1. The third-order valence-corrected chi connectivity index (χ3v) is 5.68. The van der Waals surface area contributed by atoms with Crippen LogP contribution in [0, 0.1) is 16.2 Å². The van der Waals surface area contributed by atoms with Gasteiger partial charge in [0.05, 0.1) is 23.4 Å². The third-order valence-electron chi connectivity index (χ3n) is 5.68. The second kappa shape index (κ2) is 17.1. The molecule has 9 heteroatoms. The Morgan fingerprint density at radius 2 is 1.14 bits per heavy atom. The summed E-state index contributed by atoms with van der Waals surface area (Å²) in [6.45, 7) is 21.0. The van der Waals surface area contributed by atoms with E-state index in [0.717, 1.165) is 6.42 Å². The molecule has 0 aromatic carbocycles. The highest BCUT2D eigenvalue weighted by molar-refractivity contribution is 5.86. The molecular formula is C26H48O9. The van der Waals surface area contributed by atoms with E-state index in [2.05, 4.69) is 11.3 Å². The van der Waals surface area contributed by atoms with E-state index in [9.17, 15) is 24.3 Å². The zero-order valence-corrected chi connectivity index (χ0v) is 23.6. The summed E-state index contributed by atoms with van der Waals surface area (Å²) in [4.78, 5) is 43.7. The molecule has 0 spiro atoms. The normalized spacial score (nSPS) is 12.0. The monoisotopic (exact) mass is 504 g/mol. The van der Waals surface area contributed by atoms with Crippen molar-refractivity contribution in [1.29, 1.82) is 0 Å². The van der Waals surface area contributed by atoms with Gasteiger partial charge in [-0.25, -0.2) is 4.79 Å². The number of carbonyl (C=O) groups is 4. The van der Waals surface area contributed by atoms with Gasteiger partial charge in [0.1, 0.15) is 19.3 Å². The Labute approximate surface area is 211 Å². The van der Waals surface area contributed by atoms with Gasteiger partial charge in [0.2, 0.25) is 0 Å². The van der Waals surface area contributed by atoms with E-state index >= 15 is 0 Å². The van der Waals surface area contributed by atoms with Crippen LogP contribution in [0.5, 0.6) is 0 Å². The van der Waals surface area contributed by atoms with E-state index < -0.39 is 28.9 Å². The molecule has 0 rings (SSSR count). The molecule has 1 atom stereocenters. The smallest absolute Gasteiger partial charge is 0.333 e. The average Bonchev–Trinajstić information content (AvgIpc) is 2.80. The van der Waals surface area contributed by atoms with Crippen molar-refractivity contribution in [3.8, 4) is 0 Å². The lowest BCUT2D eigenvalue weighted by Gasteiger charge is -2.21. The molecule has 0 bridgehead atoms. The fourth-order valence-corrected chi connectivity index (χ4v) is 1.43. The van der Waals surface area contributed by atoms with Gasteiger partial charge in [-0.3, -0.25) is 14.4 Å². The summed E-state index contributed by atoms with van der Waals surface area (Å²) in [6, 6.07) is 0. The molecule has 0 heterocycles. The van der Waals surface area contributed by atoms with Crippen LogP contribution in [-0.2, 0) is 33.4 Å². The van der Waals surface area contributed by atoms with Crippen LogP contribution in [0.1, 0.15) is 88.5 Å². The molecule has 0 aliphatic rings. The van der Waals surface area contributed by atoms with Gasteiger partial charge in [-0.1, -0.05) is 27.4 Å². The summed E-state index contributed by atoms with van der Waals surface area (Å²) in [5.74, 6) is -1.81. The molecule has 0 aliphatic carbocycles. The minimum atomic E-state index is -1.02. The fraction of sp³-hybridized carbons (Fsp3) is 0.769. The molecule has 2 N–H and O–H groups in total. The highest BCUT2D eigenvalue weighted by Crippen LogP contribution is 2.22. The van der Waals surface area contributed by atoms with E-state index in [1.54, 1.807) is 27.7 Å². The molecule has 0 amide bonds. The van der Waals surface area contributed by atoms with E-state index in [4.69, 9.17) is 14.6 Å². The predicted octanol–water partition coefficient (Wildman–Crippen LogP) is 4.55. The van der Waals surface area contributed by atoms with Gasteiger partial charge in [0.25, 0.3) is 0 Å². The van der Waals surface area contributed by atoms with Crippen molar-refractivity contribution in [2.75, 3.05) is 20.3 Å². The Bertz CT molecular complexity index is 691. The summed E-state index contributed by atoms with van der Waals surface area (Å²) >= 11 is 0. The number of esters is 3. The standard InChI is InChI=1S/C13H22O5.C7H14O2.C6H12O2/c1-6-13(4,5)12(16)18-8-10(14)7-17-11(15)9(2)3;1-5-7(2,3)6(8)9-4;1-4-6(2,3)5(7)8/h10,14H,2,6-8H2,1,3-5H3;5H2,1-4H3;4H2,1-3H3,(H,7,8). The van der Waals surface area contributed by atoms with Crippen molar-refractivity contribution in [2.45, 2.75) is 94.6 Å². The molecule has 0 radical (unpaired) electrons. The molecule has 35 heavy (non-hydrogen) atoms. The van der Waals surface area contributed by atoms with Crippen molar-refractivity contribution in [3.05, 3.63) is 12.2 Å². The number of ether oxygens (including phenoxy) is 3. The van der Waals surface area contributed by atoms with Gasteiger partial charge in [0.15, 0.2) is 0 Å². The number of carboxylic acid groups (broad SMARTS) is 1. The van der Waals surface area contributed by atoms with E-state index in [0.29, 0.717) is 12.8 Å². The van der Waals surface area contributed by atoms with Crippen LogP contribution in [-0.4, -0.2) is 60.5 Å². The quantitative estimate of drug-likeness (QED) is 0.236. The number of aliphatic hydroxyl groups excluding tert-OH is 1. The zero-order valence-electron chi connectivity index (χ0n) is 23.6. The topological polar surface area (TPSA) is 136 Å². The number of rotatable bonds is 11. The Kier molecular flexibility index (Phi) is 18.1. The molecule has 9 nitrogen and oxygen atoms in total. The first-order valence-electron chi connectivity index (χ1n) is 11.7. The number of aliphatic hydroxyl groups is 1. The van der Waals surface area contributed by atoms with Gasteiger partial charge < -0.3 is 24.4 Å². The maximum Gasteiger partial charge on any atom is 0.333 e. The van der Waals surface area contributed by atoms with E-state index in [-0.39, 0.29) is 36.1 Å². The van der Waals surface area contributed by atoms with Crippen molar-refractivity contribution in [3.63, 3.8) is 0 Å². The van der Waals surface area contributed by atoms with Gasteiger partial charge in [0, 0.05) is 5.57 Å². The SMILES string of the molecule is C=C(C)C(=O)OCC(O)COC(=O)C(C)(C)CC.CCC(C)(C)C(=O)O.CCC(C)(C)C(=O)OC. The Balaban J connectivity index is -0.000000501. The molecule has 1 unspecified atom stereocenters. The van der Waals surface area contributed by atoms with Crippen LogP contribution >= 0.6 is 0 Å². The van der Waals surface area contributed by atoms with Gasteiger partial charge >= 0.3 is 23.9 Å². The molecule has 0 saturated carbocycles. The molecule has 0 aliphatic heterocycles. The minimum Gasteiger partial charge on any atom is -0.481 e. The van der Waals surface area contributed by atoms with E-state index in [1.165, 1.54) is 14.0 Å². The van der Waals surface area contributed by atoms with Crippen LogP contribution in [0.4, 0.5) is 0 Å². The van der Waals surface area contributed by atoms with Crippen molar-refractivity contribution in [2.24, 2.45) is 16.2 Å². The number of carboxylic acids is 1. The maximum atomic E-state index is 11.6. The van der Waals surface area contributed by atoms with Crippen LogP contribution in [0.25, 0.3) is 0 Å². The fourth-order valence-electron chi connectivity index (χ4n) is 1.43. The van der Waals surface area contributed by atoms with Crippen LogP contribution < -0.4 is 0 Å². The molecule has 0 aromatic rings. The van der Waals surface area contributed by atoms with Crippen LogP contribution in [0.2, 0.25) is 0 Å². The minimum absolute atomic E-state index is 0.134. The number of aliphatic carboxylic acids is 1. The lowest BCUT2D eigenvalue weighted by Crippen LogP contribution is -2.31. The molecule has 0 saturated heterocycles. The molecule has 206 valence electrons. The third kappa shape index (κ3) is 16.8. The number of hydrogen-bond donors (Lipinski definition) is 2. The summed E-state index contributed by atoms with van der Waals surface area (Å²) < 4.78 is 14.2. The van der Waals surface area contributed by atoms with Crippen molar-refractivity contribution >= 4 is 23.9 Å². The van der Waals surface area contributed by atoms with Gasteiger partial charge in [-0.05, 0) is 67.7 Å². The number of carbonyl (C=O) groups excluding carboxylic acids is 3. The summed E-state index contributed by atoms with van der Waals surface area (Å²) in [5, 5.41) is 17.9. The Hall–Kier alpha value is -2.42. The van der Waals surface area contributed by atoms with Crippen LogP contribution in [0.3, 0.4) is 0 Å². The summed E-state index contributed by atoms with van der Waals surface area (Å²) in [5.41, 5.74) is -1.17. The lowest BCUT2D eigenvalue weighted by molar-refractivity contribution is -0.159. The van der Waals surface area contributed by atoms with Crippen molar-refractivity contribution in [1.82, 2.24) is 0 Å². The second-order valence-corrected chi connectivity index (χ2v) is 10.1. The maximum absolute atomic E-state index is 11.6. The number of methoxy groups -OCH3 is 1. The highest BCUT2D eigenvalue weighted by Gasteiger charge is 2.28. The predicted molar refractivity (Wildman–Crippen MR) is 135 cm³/mol. The zero-order chi connectivity index (χ0) is 28.6.